The Morgan fingerprint density at radius 1 is 0.595 bits per heavy atom. The van der Waals surface area contributed by atoms with E-state index in [1.54, 1.807) is 55.6 Å². The van der Waals surface area contributed by atoms with Crippen LogP contribution in [0.1, 0.15) is 78.3 Å². The molecule has 434 valence electrons. The lowest BCUT2D eigenvalue weighted by Crippen LogP contribution is -2.53. The molecule has 1 unspecified atom stereocenters. The number of amides is 5. The van der Waals surface area contributed by atoms with E-state index in [0.717, 1.165) is 33.6 Å². The molecule has 1 aliphatic heterocycles. The van der Waals surface area contributed by atoms with E-state index in [1.807, 2.05) is 85.8 Å². The van der Waals surface area contributed by atoms with Crippen LogP contribution >= 0.6 is 0 Å². The Hall–Kier alpha value is -9.78. The molecule has 0 radical (unpaired) electrons. The van der Waals surface area contributed by atoms with E-state index in [9.17, 15) is 44.0 Å². The molecule has 2 atom stereocenters. The number of unbranched alkanes of at least 4 members (excludes halogenated alkanes) is 3. The van der Waals surface area contributed by atoms with Crippen molar-refractivity contribution >= 4 is 47.1 Å². The van der Waals surface area contributed by atoms with Gasteiger partial charge in [-0.15, -0.1) is 0 Å². The molecular weight excluding hydrogens is 1070 g/mol. The summed E-state index contributed by atoms with van der Waals surface area (Å²) in [5.74, 6) is -0.599. The minimum Gasteiger partial charge on any atom is -0.497 e. The Kier molecular flexibility index (Phi) is 23.1. The summed E-state index contributed by atoms with van der Waals surface area (Å²) >= 11 is 0. The van der Waals surface area contributed by atoms with Crippen LogP contribution in [0, 0.1) is 17.0 Å². The molecule has 84 heavy (non-hydrogen) atoms. The van der Waals surface area contributed by atoms with Crippen molar-refractivity contribution in [2.24, 2.45) is 0 Å². The molecule has 0 saturated heterocycles. The maximum absolute atomic E-state index is 14.2. The summed E-state index contributed by atoms with van der Waals surface area (Å²) in [5, 5.41) is 32.8. The van der Waals surface area contributed by atoms with Crippen LogP contribution in [0.25, 0.3) is 0 Å². The molecule has 5 N–H and O–H groups in total. The van der Waals surface area contributed by atoms with Gasteiger partial charge in [0.1, 0.15) is 29.3 Å². The van der Waals surface area contributed by atoms with E-state index in [-0.39, 0.29) is 55.2 Å². The third-order valence-corrected chi connectivity index (χ3v) is 13.9. The van der Waals surface area contributed by atoms with Crippen LogP contribution in [0.3, 0.4) is 0 Å². The fourth-order valence-electron chi connectivity index (χ4n) is 9.40. The van der Waals surface area contributed by atoms with Gasteiger partial charge in [0, 0.05) is 49.4 Å². The van der Waals surface area contributed by atoms with Gasteiger partial charge in [-0.3, -0.25) is 44.3 Å². The van der Waals surface area contributed by atoms with Crippen LogP contribution in [0.2, 0.25) is 0 Å². The maximum atomic E-state index is 14.2. The predicted molar refractivity (Wildman–Crippen MR) is 318 cm³/mol. The zero-order chi connectivity index (χ0) is 59.7. The average molecular weight is 1140 g/mol. The highest BCUT2D eigenvalue weighted by Gasteiger charge is 2.36. The molecule has 0 aromatic heterocycles. The Morgan fingerprint density at radius 2 is 1.14 bits per heavy atom. The van der Waals surface area contributed by atoms with E-state index < -0.39 is 40.5 Å². The number of carbonyl (C=O) groups is 6. The molecule has 1 heterocycles. The fourth-order valence-corrected chi connectivity index (χ4v) is 9.40. The number of nitrogens with zero attached hydrogens (tertiary/aromatic N) is 2. The van der Waals surface area contributed by atoms with Gasteiger partial charge in [0.05, 0.1) is 24.2 Å². The second-order valence-electron chi connectivity index (χ2n) is 19.8. The van der Waals surface area contributed by atoms with Crippen LogP contribution in [0.5, 0.6) is 17.2 Å². The van der Waals surface area contributed by atoms with Gasteiger partial charge in [-0.05, 0) is 122 Å². The first-order chi connectivity index (χ1) is 40.7. The second kappa shape index (κ2) is 31.4. The van der Waals surface area contributed by atoms with Crippen molar-refractivity contribution in [1.29, 1.82) is 0 Å². The standard InChI is InChI=1S/C52H57N5O7.C14H11NO5/c1-64-44-30-26-42(27-31-44)52(40-18-8-3-9-19-40,41-20-10-4-11-21-41)53-34-14-13-22-45(50(62)54-43-28-24-39(37-58)25-29-43)56-51(63)46(36-38-16-6-2-7-17-38)55-47(59)23-12-5-15-35-57-48(60)32-33-49(57)61;1-10-2-6-12(7-3-10)19-14(16)20-13-8-4-11(5-9-13)15(17)18/h2-4,6-11,16-21,24-33,45-46,53,58H,5,12-15,22-23,34-37H2,1H3,(H,54,62)(H,55,59)(H,56,63);2-9H,1H3/t45?,46-;/m0./s1. The first-order valence-corrected chi connectivity index (χ1v) is 27.6. The lowest BCUT2D eigenvalue weighted by Gasteiger charge is -2.37. The number of benzene rings is 7. The first-order valence-electron chi connectivity index (χ1n) is 27.6. The van der Waals surface area contributed by atoms with Gasteiger partial charge in [-0.1, -0.05) is 139 Å². The van der Waals surface area contributed by atoms with Crippen molar-refractivity contribution in [1.82, 2.24) is 20.9 Å². The molecule has 0 aliphatic carbocycles. The number of non-ortho nitro benzene ring substituents is 1. The summed E-state index contributed by atoms with van der Waals surface area (Å²) in [4.78, 5) is 88.0. The minimum atomic E-state index is -0.969. The number of methoxy groups -OCH3 is 1. The normalized spacial score (nSPS) is 12.5. The number of nitrogens with one attached hydrogen (secondary N) is 4. The Morgan fingerprint density at radius 3 is 1.70 bits per heavy atom. The molecule has 8 rings (SSSR count). The smallest absolute Gasteiger partial charge is 0.497 e. The van der Waals surface area contributed by atoms with Crippen molar-refractivity contribution < 1.29 is 53.0 Å². The average Bonchev–Trinajstić information content (AvgIpc) is 2.81. The van der Waals surface area contributed by atoms with Gasteiger partial charge >= 0.3 is 6.16 Å². The van der Waals surface area contributed by atoms with E-state index in [1.165, 1.54) is 41.3 Å². The molecule has 5 amide bonds. The van der Waals surface area contributed by atoms with E-state index in [2.05, 4.69) is 57.7 Å². The number of ether oxygens (including phenoxy) is 3. The number of hydrogen-bond donors (Lipinski definition) is 5. The van der Waals surface area contributed by atoms with Crippen LogP contribution in [0.4, 0.5) is 16.2 Å². The van der Waals surface area contributed by atoms with Crippen LogP contribution < -0.4 is 35.5 Å². The Labute approximate surface area is 488 Å². The van der Waals surface area contributed by atoms with Crippen molar-refractivity contribution in [3.63, 3.8) is 0 Å². The predicted octanol–water partition coefficient (Wildman–Crippen LogP) is 10.1. The lowest BCUT2D eigenvalue weighted by molar-refractivity contribution is -0.384. The highest BCUT2D eigenvalue weighted by atomic mass is 16.7. The third-order valence-electron chi connectivity index (χ3n) is 13.9. The largest absolute Gasteiger partial charge is 0.519 e. The molecular formula is C66H68N6O12. The zero-order valence-corrected chi connectivity index (χ0v) is 46.8. The molecule has 18 heteroatoms. The number of anilines is 1. The van der Waals surface area contributed by atoms with E-state index >= 15 is 0 Å². The van der Waals surface area contributed by atoms with Crippen molar-refractivity contribution in [2.45, 2.75) is 82.5 Å². The van der Waals surface area contributed by atoms with Crippen molar-refractivity contribution in [3.8, 4) is 17.2 Å². The van der Waals surface area contributed by atoms with Crippen molar-refractivity contribution in [2.75, 3.05) is 25.5 Å². The third kappa shape index (κ3) is 18.1. The first kappa shape index (κ1) is 61.8. The Bertz CT molecular complexity index is 3250. The van der Waals surface area contributed by atoms with Crippen molar-refractivity contribution in [3.05, 3.63) is 244 Å². The number of aliphatic hydroxyl groups is 1. The SMILES string of the molecule is COc1ccc(C(NCCCCC(NC(=O)[C@H](Cc2ccccc2)NC(=O)CCCCCN2C(=O)C=CC2=O)C(=O)Nc2ccc(CO)cc2)(c2ccccc2)c2ccccc2)cc1.Cc1ccc(OC(=O)Oc2ccc([N+](=O)[O-])cc2)cc1. The number of aryl methyl sites for hydroxylation is 1. The molecule has 18 nitrogen and oxygen atoms in total. The Balaban J connectivity index is 0.000000425. The lowest BCUT2D eigenvalue weighted by atomic mass is 9.77. The highest BCUT2D eigenvalue weighted by molar-refractivity contribution is 6.12. The quantitative estimate of drug-likeness (QED) is 0.00613. The van der Waals surface area contributed by atoms with E-state index in [4.69, 9.17) is 14.2 Å². The highest BCUT2D eigenvalue weighted by Crippen LogP contribution is 2.38. The number of rotatable bonds is 27. The minimum absolute atomic E-state index is 0.0794. The molecule has 0 spiro atoms. The number of nitro groups is 1. The molecule has 0 fully saturated rings. The zero-order valence-electron chi connectivity index (χ0n) is 46.8. The number of hydrogen-bond acceptors (Lipinski definition) is 13. The van der Waals surface area contributed by atoms with Crippen LogP contribution in [-0.4, -0.2) is 82.9 Å². The van der Waals surface area contributed by atoms with Gasteiger partial charge in [-0.2, -0.15) is 0 Å². The molecule has 7 aromatic rings. The second-order valence-corrected chi connectivity index (χ2v) is 19.8. The summed E-state index contributed by atoms with van der Waals surface area (Å²) in [6, 6.07) is 54.9. The summed E-state index contributed by atoms with van der Waals surface area (Å²) in [6.45, 7) is 2.62. The summed E-state index contributed by atoms with van der Waals surface area (Å²) in [5.41, 5.74) is 5.44. The molecule has 0 bridgehead atoms. The van der Waals surface area contributed by atoms with Crippen LogP contribution in [0.15, 0.2) is 200 Å². The number of imide groups is 1. The van der Waals surface area contributed by atoms with Gasteiger partial charge in [0.15, 0.2) is 0 Å². The maximum Gasteiger partial charge on any atom is 0.519 e. The molecule has 7 aromatic carbocycles. The van der Waals surface area contributed by atoms with Gasteiger partial charge in [0.2, 0.25) is 17.7 Å². The van der Waals surface area contributed by atoms with E-state index in [0.29, 0.717) is 62.1 Å². The van der Waals surface area contributed by atoms with Gasteiger partial charge in [-0.25, -0.2) is 4.79 Å². The topological polar surface area (TPSA) is 245 Å². The summed E-state index contributed by atoms with van der Waals surface area (Å²) < 4.78 is 15.4. The summed E-state index contributed by atoms with van der Waals surface area (Å²) in [7, 11) is 1.65. The van der Waals surface area contributed by atoms with Gasteiger partial charge < -0.3 is 35.3 Å². The monoisotopic (exact) mass is 1140 g/mol. The van der Waals surface area contributed by atoms with Crippen LogP contribution in [-0.2, 0) is 42.5 Å². The molecule has 0 saturated carbocycles. The number of carbonyl (C=O) groups excluding carboxylic acids is 6. The summed E-state index contributed by atoms with van der Waals surface area (Å²) in [6.07, 6.45) is 5.14. The number of nitro benzene ring substituents is 1. The van der Waals surface area contributed by atoms with Gasteiger partial charge in [0.25, 0.3) is 17.5 Å². The number of aliphatic hydroxyl groups excluding tert-OH is 1. The fraction of sp³-hybridized carbons (Fsp3) is 0.242. The molecule has 1 aliphatic rings.